The maximum Gasteiger partial charge on any atom is 0.420 e. The minimum atomic E-state index is -0.821. The Balaban J connectivity index is 1.75. The van der Waals surface area contributed by atoms with Crippen LogP contribution in [0.1, 0.15) is 97.7 Å². The van der Waals surface area contributed by atoms with E-state index in [-0.39, 0.29) is 71.7 Å². The normalized spacial score (nSPS) is 18.9. The van der Waals surface area contributed by atoms with Crippen molar-refractivity contribution in [2.45, 2.75) is 124 Å². The third kappa shape index (κ3) is 12.6. The Bertz CT molecular complexity index is 1490. The van der Waals surface area contributed by atoms with E-state index in [4.69, 9.17) is 10.6 Å². The Morgan fingerprint density at radius 1 is 1.02 bits per heavy atom. The summed E-state index contributed by atoms with van der Waals surface area (Å²) in [7, 11) is 4.45. The van der Waals surface area contributed by atoms with Gasteiger partial charge in [-0.15, -0.1) is 11.3 Å². The zero-order valence-electron chi connectivity index (χ0n) is 34.5. The van der Waals surface area contributed by atoms with Crippen LogP contribution in [-0.2, 0) is 35.1 Å². The zero-order chi connectivity index (χ0) is 40.8. The van der Waals surface area contributed by atoms with Gasteiger partial charge in [-0.3, -0.25) is 19.2 Å². The van der Waals surface area contributed by atoms with E-state index < -0.39 is 24.2 Å². The topological polar surface area (TPSA) is 168 Å². The summed E-state index contributed by atoms with van der Waals surface area (Å²) in [5.74, 6) is 3.57. The second-order valence-electron chi connectivity index (χ2n) is 15.7. The van der Waals surface area contributed by atoms with Crippen LogP contribution in [0.5, 0.6) is 0 Å². The lowest BCUT2D eigenvalue weighted by Gasteiger charge is -2.41. The van der Waals surface area contributed by atoms with Gasteiger partial charge in [-0.05, 0) is 48.5 Å². The van der Waals surface area contributed by atoms with E-state index in [0.717, 1.165) is 37.5 Å². The molecule has 2 unspecified atom stereocenters. The van der Waals surface area contributed by atoms with E-state index in [1.54, 1.807) is 25.3 Å². The van der Waals surface area contributed by atoms with Crippen molar-refractivity contribution in [2.24, 2.45) is 35.5 Å². The summed E-state index contributed by atoms with van der Waals surface area (Å²) in [6.07, 6.45) is 4.24. The van der Waals surface area contributed by atoms with Crippen LogP contribution in [0.15, 0.2) is 41.9 Å². The van der Waals surface area contributed by atoms with Crippen molar-refractivity contribution in [3.05, 3.63) is 52.5 Å². The van der Waals surface area contributed by atoms with E-state index in [9.17, 15) is 19.2 Å². The predicted octanol–water partition coefficient (Wildman–Crippen LogP) is 4.26. The number of hydrogen-bond acceptors (Lipinski definition) is 10. The molecule has 305 valence electrons. The second kappa shape index (κ2) is 22.4. The number of likely N-dealkylation sites (tertiary alicyclic amines) is 1. The number of hydrogen-bond donors (Lipinski definition) is 4. The summed E-state index contributed by atoms with van der Waals surface area (Å²) >= 11 is 1.52. The van der Waals surface area contributed by atoms with Gasteiger partial charge < -0.3 is 35.2 Å². The standard InChI is InChI=1S/C40H65BN7O6S/c1-11-26(6)36(47(9)40(52)35(25(4)5)45-38(51)34(24(2)3)46-41-54-42)32(53-10)23-33(49)48-20-15-18-31(48)27(7)28(8)37(50)44-30(39-43-19-21-55-39)22-29-16-13-12-14-17-29/h12-14,16-17,19,21,24-28,30-32,34-36,46H,11,15,18,20,22-23,42H2,1-10H3,(H,44,50)(H,45,51)/t26-,27+,28+,30?,31-,32+,34?,35-,36-/m0/s1. The number of amides is 4. The molecule has 0 bridgehead atoms. The first-order chi connectivity index (χ1) is 26.2. The maximum atomic E-state index is 14.2. The first-order valence-electron chi connectivity index (χ1n) is 19.7. The predicted molar refractivity (Wildman–Crippen MR) is 217 cm³/mol. The van der Waals surface area contributed by atoms with E-state index in [1.807, 2.05) is 76.9 Å². The molecule has 1 saturated heterocycles. The highest BCUT2D eigenvalue weighted by Crippen LogP contribution is 2.32. The molecule has 0 aliphatic carbocycles. The fraction of sp³-hybridized carbons (Fsp3) is 0.675. The Kier molecular flexibility index (Phi) is 18.7. The number of nitrogens with one attached hydrogen (secondary N) is 3. The molecule has 15 heteroatoms. The first-order valence-corrected chi connectivity index (χ1v) is 20.6. The van der Waals surface area contributed by atoms with Gasteiger partial charge in [-0.2, -0.15) is 0 Å². The molecular formula is C40H65BN7O6S. The summed E-state index contributed by atoms with van der Waals surface area (Å²) in [6.45, 7) is 16.2. The molecule has 4 amide bonds. The highest BCUT2D eigenvalue weighted by Gasteiger charge is 2.42. The molecule has 2 aromatic rings. The average Bonchev–Trinajstić information content (AvgIpc) is 3.89. The lowest BCUT2D eigenvalue weighted by atomic mass is 9.86. The van der Waals surface area contributed by atoms with Crippen molar-refractivity contribution < 1.29 is 28.7 Å². The van der Waals surface area contributed by atoms with Crippen LogP contribution in [0, 0.1) is 29.6 Å². The summed E-state index contributed by atoms with van der Waals surface area (Å²) < 4.78 is 10.6. The molecule has 9 atom stereocenters. The van der Waals surface area contributed by atoms with Crippen molar-refractivity contribution in [1.29, 1.82) is 0 Å². The maximum absolute atomic E-state index is 14.2. The molecule has 1 fully saturated rings. The Morgan fingerprint density at radius 2 is 1.69 bits per heavy atom. The van der Waals surface area contributed by atoms with Crippen LogP contribution < -0.4 is 21.8 Å². The number of carbonyl (C=O) groups is 4. The van der Waals surface area contributed by atoms with Crippen LogP contribution in [0.25, 0.3) is 0 Å². The number of nitrogens with two attached hydrogens (primary N) is 1. The van der Waals surface area contributed by atoms with Gasteiger partial charge in [-0.1, -0.05) is 92.1 Å². The van der Waals surface area contributed by atoms with Gasteiger partial charge in [0.25, 0.3) is 0 Å². The highest BCUT2D eigenvalue weighted by molar-refractivity contribution is 7.09. The van der Waals surface area contributed by atoms with Gasteiger partial charge in [0.2, 0.25) is 23.6 Å². The summed E-state index contributed by atoms with van der Waals surface area (Å²) in [5, 5.41) is 11.9. The Labute approximate surface area is 333 Å². The molecule has 1 aromatic heterocycles. The average molecular weight is 783 g/mol. The number of ether oxygens (including phenoxy) is 1. The quantitative estimate of drug-likeness (QED) is 0.101. The number of likely N-dealkylation sites (N-methyl/N-ethyl adjacent to an activating group) is 1. The highest BCUT2D eigenvalue weighted by atomic mass is 32.1. The Hall–Kier alpha value is -3.37. The van der Waals surface area contributed by atoms with E-state index in [0.29, 0.717) is 13.0 Å². The SMILES string of the molecule is CC[C@H](C)[C@@H]([C@@H](CC(=O)N1CCC[C@H]1[C@H](C)[C@@H](C)C(=O)NC(Cc1ccccc1)c1nccs1)OC)N(C)C(=O)[C@@H](NC(=O)C(N[B]ON)C(C)C)C(C)C. The minimum Gasteiger partial charge on any atom is -0.379 e. The summed E-state index contributed by atoms with van der Waals surface area (Å²) in [4.78, 5) is 63.7. The van der Waals surface area contributed by atoms with Crippen molar-refractivity contribution in [3.8, 4) is 0 Å². The first kappa shape index (κ1) is 46.0. The van der Waals surface area contributed by atoms with Crippen molar-refractivity contribution in [1.82, 2.24) is 30.6 Å². The van der Waals surface area contributed by atoms with Crippen LogP contribution in [0.4, 0.5) is 0 Å². The fourth-order valence-electron chi connectivity index (χ4n) is 7.66. The molecule has 0 spiro atoms. The molecule has 5 N–H and O–H groups in total. The fourth-order valence-corrected chi connectivity index (χ4v) is 8.35. The van der Waals surface area contributed by atoms with Gasteiger partial charge in [-0.25, -0.2) is 10.9 Å². The van der Waals surface area contributed by atoms with Crippen molar-refractivity contribution in [2.75, 3.05) is 20.7 Å². The molecule has 1 aromatic carbocycles. The Morgan fingerprint density at radius 3 is 2.25 bits per heavy atom. The van der Waals surface area contributed by atoms with Crippen molar-refractivity contribution in [3.63, 3.8) is 0 Å². The molecule has 2 heterocycles. The van der Waals surface area contributed by atoms with Gasteiger partial charge in [0.15, 0.2) is 0 Å². The molecule has 1 aliphatic rings. The van der Waals surface area contributed by atoms with Crippen LogP contribution in [0.2, 0.25) is 0 Å². The molecule has 13 nitrogen and oxygen atoms in total. The smallest absolute Gasteiger partial charge is 0.379 e. The third-order valence-corrected chi connectivity index (χ3v) is 12.2. The van der Waals surface area contributed by atoms with Crippen LogP contribution in [0.3, 0.4) is 0 Å². The van der Waals surface area contributed by atoms with Gasteiger partial charge >= 0.3 is 7.62 Å². The van der Waals surface area contributed by atoms with E-state index >= 15 is 0 Å². The minimum absolute atomic E-state index is 0.0183. The van der Waals surface area contributed by atoms with Crippen molar-refractivity contribution >= 4 is 42.6 Å². The summed E-state index contributed by atoms with van der Waals surface area (Å²) in [6, 6.07) is 7.74. The molecule has 1 aliphatic heterocycles. The number of thiazole rings is 1. The number of rotatable bonds is 22. The van der Waals surface area contributed by atoms with E-state index in [1.165, 1.54) is 11.3 Å². The third-order valence-electron chi connectivity index (χ3n) is 11.4. The monoisotopic (exact) mass is 782 g/mol. The second-order valence-corrected chi connectivity index (χ2v) is 16.7. The number of carbonyl (C=O) groups excluding carboxylic acids is 4. The summed E-state index contributed by atoms with van der Waals surface area (Å²) in [5.41, 5.74) is 1.11. The van der Waals surface area contributed by atoms with Gasteiger partial charge in [0.1, 0.15) is 11.0 Å². The van der Waals surface area contributed by atoms with Gasteiger partial charge in [0, 0.05) is 44.2 Å². The lowest BCUT2D eigenvalue weighted by molar-refractivity contribution is -0.146. The molecule has 0 saturated carbocycles. The van der Waals surface area contributed by atoms with Gasteiger partial charge in [0.05, 0.1) is 30.7 Å². The van der Waals surface area contributed by atoms with Crippen LogP contribution in [-0.4, -0.2) is 97.0 Å². The molecular weight excluding hydrogens is 717 g/mol. The van der Waals surface area contributed by atoms with E-state index in [2.05, 4.69) is 44.7 Å². The number of benzene rings is 1. The molecule has 55 heavy (non-hydrogen) atoms. The lowest BCUT2D eigenvalue weighted by Crippen LogP contribution is -2.60. The number of aromatic nitrogens is 1. The van der Waals surface area contributed by atoms with Crippen LogP contribution >= 0.6 is 11.3 Å². The number of nitrogens with zero attached hydrogens (tertiary/aromatic N) is 3. The zero-order valence-corrected chi connectivity index (χ0v) is 35.3. The molecule has 1 radical (unpaired) electrons. The largest absolute Gasteiger partial charge is 0.420 e. The number of methoxy groups -OCH3 is 1. The molecule has 3 rings (SSSR count).